The molecule has 1 radical (unpaired) electrons. The number of hydrogen-bond acceptors (Lipinski definition) is 5. The fraction of sp³-hybridized carbons (Fsp3) is 0.150. The van der Waals surface area contributed by atoms with Gasteiger partial charge in [-0.15, -0.1) is 0 Å². The van der Waals surface area contributed by atoms with Gasteiger partial charge in [0.25, 0.3) is 5.89 Å². The van der Waals surface area contributed by atoms with Gasteiger partial charge >= 0.3 is 5.51 Å². The van der Waals surface area contributed by atoms with Crippen LogP contribution in [-0.4, -0.2) is 25.4 Å². The Balaban J connectivity index is 1.53. The molecule has 0 atom stereocenters. The zero-order chi connectivity index (χ0) is 20.4. The predicted octanol–water partition coefficient (Wildman–Crippen LogP) is 5.37. The van der Waals surface area contributed by atoms with E-state index in [4.69, 9.17) is 4.52 Å². The molecule has 0 aliphatic rings. The SMILES string of the molecule is Cc1cc(-c2nc(-c3ccc(SC(F)(F)F)cc3)no2)nn1Cc1c[c]ccc1. The van der Waals surface area contributed by atoms with Crippen molar-refractivity contribution in [3.8, 4) is 23.0 Å². The quantitative estimate of drug-likeness (QED) is 0.410. The minimum atomic E-state index is -4.32. The van der Waals surface area contributed by atoms with Crippen LogP contribution in [0.1, 0.15) is 11.3 Å². The Bertz CT molecular complexity index is 1100. The largest absolute Gasteiger partial charge is 0.446 e. The Morgan fingerprint density at radius 2 is 1.97 bits per heavy atom. The summed E-state index contributed by atoms with van der Waals surface area (Å²) >= 11 is -0.168. The lowest BCUT2D eigenvalue weighted by atomic mass is 10.2. The standard InChI is InChI=1S/C20H14F3N4OS/c1-13-11-17(25-27(13)12-14-5-3-2-4-6-14)19-24-18(26-28-19)15-7-9-16(10-8-15)29-20(21,22)23/h2-3,5-11H,12H2,1H3. The van der Waals surface area contributed by atoms with Crippen LogP contribution >= 0.6 is 11.8 Å². The number of nitrogens with zero attached hydrogens (tertiary/aromatic N) is 4. The second-order valence-corrected chi connectivity index (χ2v) is 7.37. The average molecular weight is 415 g/mol. The molecule has 4 rings (SSSR count). The van der Waals surface area contributed by atoms with Crippen molar-refractivity contribution >= 4 is 11.8 Å². The minimum absolute atomic E-state index is 0.0949. The molecule has 2 aromatic heterocycles. The van der Waals surface area contributed by atoms with Gasteiger partial charge in [-0.2, -0.15) is 23.3 Å². The highest BCUT2D eigenvalue weighted by molar-refractivity contribution is 8.00. The van der Waals surface area contributed by atoms with Crippen LogP contribution in [-0.2, 0) is 6.54 Å². The number of alkyl halides is 3. The van der Waals surface area contributed by atoms with E-state index in [-0.39, 0.29) is 28.4 Å². The highest BCUT2D eigenvalue weighted by atomic mass is 32.2. The third-order valence-corrected chi connectivity index (χ3v) is 4.82. The van der Waals surface area contributed by atoms with Crippen molar-refractivity contribution in [2.45, 2.75) is 23.9 Å². The maximum absolute atomic E-state index is 12.4. The summed E-state index contributed by atoms with van der Waals surface area (Å²) in [7, 11) is 0. The van der Waals surface area contributed by atoms with E-state index in [2.05, 4.69) is 21.3 Å². The number of thioether (sulfide) groups is 1. The summed E-state index contributed by atoms with van der Waals surface area (Å²) in [6.45, 7) is 2.51. The summed E-state index contributed by atoms with van der Waals surface area (Å²) in [6, 6.07) is 18.3. The summed E-state index contributed by atoms with van der Waals surface area (Å²) in [5.74, 6) is 0.531. The van der Waals surface area contributed by atoms with E-state index in [0.717, 1.165) is 11.3 Å². The highest BCUT2D eigenvalue weighted by Crippen LogP contribution is 2.37. The zero-order valence-electron chi connectivity index (χ0n) is 15.1. The van der Waals surface area contributed by atoms with Gasteiger partial charge < -0.3 is 4.52 Å². The lowest BCUT2D eigenvalue weighted by Gasteiger charge is -2.05. The van der Waals surface area contributed by atoms with E-state index < -0.39 is 5.51 Å². The molecule has 9 heteroatoms. The fourth-order valence-corrected chi connectivity index (χ4v) is 3.27. The Morgan fingerprint density at radius 1 is 1.17 bits per heavy atom. The van der Waals surface area contributed by atoms with E-state index in [1.165, 1.54) is 24.3 Å². The third kappa shape index (κ3) is 4.68. The molecule has 4 aromatic rings. The molecule has 5 nitrogen and oxygen atoms in total. The van der Waals surface area contributed by atoms with Crippen LogP contribution in [0.4, 0.5) is 13.2 Å². The summed E-state index contributed by atoms with van der Waals surface area (Å²) in [5, 5.41) is 8.44. The van der Waals surface area contributed by atoms with Gasteiger partial charge in [0.05, 0.1) is 6.54 Å². The number of aromatic nitrogens is 4. The Morgan fingerprint density at radius 3 is 2.66 bits per heavy atom. The second kappa shape index (κ2) is 7.75. The van der Waals surface area contributed by atoms with Gasteiger partial charge in [0.1, 0.15) is 0 Å². The normalized spacial score (nSPS) is 11.7. The molecule has 0 aliphatic carbocycles. The number of hydrogen-bond donors (Lipinski definition) is 0. The van der Waals surface area contributed by atoms with Crippen molar-refractivity contribution < 1.29 is 17.7 Å². The lowest BCUT2D eigenvalue weighted by Crippen LogP contribution is -2.03. The summed E-state index contributed by atoms with van der Waals surface area (Å²) in [5.41, 5.74) is -1.24. The Hall–Kier alpha value is -3.07. The number of halogens is 3. The van der Waals surface area contributed by atoms with E-state index in [1.54, 1.807) is 0 Å². The first-order valence-electron chi connectivity index (χ1n) is 8.57. The van der Waals surface area contributed by atoms with Crippen molar-refractivity contribution in [1.82, 2.24) is 19.9 Å². The molecule has 0 amide bonds. The van der Waals surface area contributed by atoms with Gasteiger partial charge in [-0.05, 0) is 66.7 Å². The van der Waals surface area contributed by atoms with Crippen molar-refractivity contribution in [2.24, 2.45) is 0 Å². The topological polar surface area (TPSA) is 56.7 Å². The van der Waals surface area contributed by atoms with Crippen LogP contribution in [0.25, 0.3) is 23.0 Å². The van der Waals surface area contributed by atoms with Gasteiger partial charge in [0.15, 0.2) is 5.69 Å². The van der Waals surface area contributed by atoms with Crippen molar-refractivity contribution in [3.05, 3.63) is 71.9 Å². The van der Waals surface area contributed by atoms with Crippen molar-refractivity contribution in [3.63, 3.8) is 0 Å². The minimum Gasteiger partial charge on any atom is -0.332 e. The summed E-state index contributed by atoms with van der Waals surface area (Å²) in [6.07, 6.45) is 0. The molecule has 2 aromatic carbocycles. The Kier molecular flexibility index (Phi) is 5.14. The molecule has 0 aliphatic heterocycles. The van der Waals surface area contributed by atoms with Crippen LogP contribution in [0, 0.1) is 13.0 Å². The first kappa shape index (κ1) is 19.3. The average Bonchev–Trinajstić information content (AvgIpc) is 3.30. The molecular weight excluding hydrogens is 401 g/mol. The molecular formula is C20H14F3N4OS. The van der Waals surface area contributed by atoms with Crippen LogP contribution in [0.3, 0.4) is 0 Å². The summed E-state index contributed by atoms with van der Waals surface area (Å²) < 4.78 is 44.5. The fourth-order valence-electron chi connectivity index (χ4n) is 2.73. The van der Waals surface area contributed by atoms with E-state index in [1.807, 2.05) is 41.9 Å². The molecule has 0 N–H and O–H groups in total. The van der Waals surface area contributed by atoms with Gasteiger partial charge in [0, 0.05) is 16.2 Å². The van der Waals surface area contributed by atoms with Gasteiger partial charge in [0.2, 0.25) is 5.82 Å². The zero-order valence-corrected chi connectivity index (χ0v) is 16.0. The van der Waals surface area contributed by atoms with Gasteiger partial charge in [-0.25, -0.2) is 0 Å². The number of benzene rings is 2. The van der Waals surface area contributed by atoms with E-state index in [0.29, 0.717) is 17.8 Å². The van der Waals surface area contributed by atoms with E-state index in [9.17, 15) is 13.2 Å². The first-order valence-corrected chi connectivity index (χ1v) is 9.39. The maximum atomic E-state index is 12.4. The lowest BCUT2D eigenvalue weighted by molar-refractivity contribution is -0.0328. The molecule has 2 heterocycles. The monoisotopic (exact) mass is 415 g/mol. The summed E-state index contributed by atoms with van der Waals surface area (Å²) in [4.78, 5) is 4.42. The van der Waals surface area contributed by atoms with Crippen LogP contribution in [0.2, 0.25) is 0 Å². The molecule has 0 spiro atoms. The Labute approximate surface area is 168 Å². The van der Waals surface area contributed by atoms with Crippen LogP contribution in [0.15, 0.2) is 64.0 Å². The molecule has 0 fully saturated rings. The molecule has 0 saturated carbocycles. The van der Waals surface area contributed by atoms with Gasteiger partial charge in [-0.3, -0.25) is 4.68 Å². The molecule has 0 bridgehead atoms. The van der Waals surface area contributed by atoms with E-state index >= 15 is 0 Å². The molecule has 147 valence electrons. The van der Waals surface area contributed by atoms with Crippen molar-refractivity contribution in [1.29, 1.82) is 0 Å². The molecule has 29 heavy (non-hydrogen) atoms. The van der Waals surface area contributed by atoms with Crippen LogP contribution < -0.4 is 0 Å². The first-order chi connectivity index (χ1) is 13.9. The number of rotatable bonds is 5. The smallest absolute Gasteiger partial charge is 0.332 e. The maximum Gasteiger partial charge on any atom is 0.446 e. The molecule has 0 saturated heterocycles. The van der Waals surface area contributed by atoms with Crippen molar-refractivity contribution in [2.75, 3.05) is 0 Å². The highest BCUT2D eigenvalue weighted by Gasteiger charge is 2.29. The van der Waals surface area contributed by atoms with Crippen LogP contribution in [0.5, 0.6) is 0 Å². The number of aryl methyl sites for hydroxylation is 1. The predicted molar refractivity (Wildman–Crippen MR) is 102 cm³/mol. The third-order valence-electron chi connectivity index (χ3n) is 4.08. The second-order valence-electron chi connectivity index (χ2n) is 6.24. The molecule has 0 unspecified atom stereocenters. The van der Waals surface area contributed by atoms with Gasteiger partial charge in [-0.1, -0.05) is 23.4 Å².